The van der Waals surface area contributed by atoms with Crippen molar-refractivity contribution in [1.29, 1.82) is 0 Å². The van der Waals surface area contributed by atoms with Gasteiger partial charge < -0.3 is 10.6 Å². The van der Waals surface area contributed by atoms with E-state index >= 15 is 0 Å². The van der Waals surface area contributed by atoms with E-state index in [0.717, 1.165) is 32.4 Å². The summed E-state index contributed by atoms with van der Waals surface area (Å²) in [6.07, 6.45) is 3.82. The highest BCUT2D eigenvalue weighted by atomic mass is 16.2. The minimum absolute atomic E-state index is 0.152. The topological polar surface area (TPSA) is 46.3 Å². The molecule has 1 aliphatic rings. The van der Waals surface area contributed by atoms with Crippen molar-refractivity contribution in [1.82, 2.24) is 4.90 Å². The Morgan fingerprint density at radius 3 is 2.53 bits per heavy atom. The van der Waals surface area contributed by atoms with Crippen LogP contribution in [0.4, 0.5) is 0 Å². The van der Waals surface area contributed by atoms with Gasteiger partial charge in [-0.15, -0.1) is 0 Å². The second-order valence-electron chi connectivity index (χ2n) is 4.86. The third kappa shape index (κ3) is 2.71. The third-order valence-electron chi connectivity index (χ3n) is 3.63. The lowest BCUT2D eigenvalue weighted by molar-refractivity contribution is -0.139. The Morgan fingerprint density at radius 1 is 1.47 bits per heavy atom. The Morgan fingerprint density at radius 2 is 2.07 bits per heavy atom. The molecule has 1 fully saturated rings. The number of nitrogens with two attached hydrogens (primary N) is 1. The van der Waals surface area contributed by atoms with E-state index in [1.54, 1.807) is 0 Å². The molecule has 0 bridgehead atoms. The number of hydrogen-bond donors (Lipinski definition) is 1. The van der Waals surface area contributed by atoms with Crippen LogP contribution in [0.25, 0.3) is 0 Å². The molecule has 15 heavy (non-hydrogen) atoms. The van der Waals surface area contributed by atoms with Crippen molar-refractivity contribution in [3.63, 3.8) is 0 Å². The Hall–Kier alpha value is -0.570. The molecule has 0 aromatic carbocycles. The minimum atomic E-state index is -0.628. The van der Waals surface area contributed by atoms with Gasteiger partial charge in [0.05, 0.1) is 5.54 Å². The van der Waals surface area contributed by atoms with E-state index in [9.17, 15) is 4.79 Å². The molecule has 3 nitrogen and oxygen atoms in total. The number of likely N-dealkylation sites (tertiary alicyclic amines) is 1. The van der Waals surface area contributed by atoms with Crippen LogP contribution in [-0.4, -0.2) is 29.4 Å². The molecule has 0 aromatic heterocycles. The Bertz CT molecular complexity index is 224. The zero-order valence-electron chi connectivity index (χ0n) is 10.3. The standard InChI is InChI=1S/C12H24N2O/c1-4-12(13,5-2)11(15)14-8-6-7-10(3)9-14/h10H,4-9,13H2,1-3H3. The summed E-state index contributed by atoms with van der Waals surface area (Å²) in [5.74, 6) is 0.778. The van der Waals surface area contributed by atoms with Crippen molar-refractivity contribution in [2.24, 2.45) is 11.7 Å². The van der Waals surface area contributed by atoms with Crippen molar-refractivity contribution in [3.05, 3.63) is 0 Å². The zero-order valence-corrected chi connectivity index (χ0v) is 10.3. The average Bonchev–Trinajstić information content (AvgIpc) is 2.27. The van der Waals surface area contributed by atoms with E-state index < -0.39 is 5.54 Å². The van der Waals surface area contributed by atoms with Crippen LogP contribution in [0.15, 0.2) is 0 Å². The van der Waals surface area contributed by atoms with E-state index in [-0.39, 0.29) is 5.91 Å². The highest BCUT2D eigenvalue weighted by Crippen LogP contribution is 2.21. The van der Waals surface area contributed by atoms with Gasteiger partial charge in [-0.1, -0.05) is 20.8 Å². The maximum absolute atomic E-state index is 12.2. The van der Waals surface area contributed by atoms with Crippen LogP contribution >= 0.6 is 0 Å². The fraction of sp³-hybridized carbons (Fsp3) is 0.917. The van der Waals surface area contributed by atoms with E-state index in [1.807, 2.05) is 18.7 Å². The summed E-state index contributed by atoms with van der Waals surface area (Å²) in [5, 5.41) is 0. The van der Waals surface area contributed by atoms with Crippen LogP contribution in [0.2, 0.25) is 0 Å². The SMILES string of the molecule is CCC(N)(CC)C(=O)N1CCCC(C)C1. The van der Waals surface area contributed by atoms with Crippen LogP contribution in [0, 0.1) is 5.92 Å². The molecular weight excluding hydrogens is 188 g/mol. The molecule has 1 unspecified atom stereocenters. The van der Waals surface area contributed by atoms with Gasteiger partial charge >= 0.3 is 0 Å². The van der Waals surface area contributed by atoms with Crippen molar-refractivity contribution in [2.45, 2.75) is 52.0 Å². The molecule has 1 aliphatic heterocycles. The summed E-state index contributed by atoms with van der Waals surface area (Å²) in [6.45, 7) is 7.97. The van der Waals surface area contributed by atoms with E-state index in [1.165, 1.54) is 6.42 Å². The monoisotopic (exact) mass is 212 g/mol. The largest absolute Gasteiger partial charge is 0.341 e. The van der Waals surface area contributed by atoms with Crippen LogP contribution in [0.5, 0.6) is 0 Å². The smallest absolute Gasteiger partial charge is 0.242 e. The van der Waals surface area contributed by atoms with Gasteiger partial charge in [0.25, 0.3) is 0 Å². The average molecular weight is 212 g/mol. The maximum Gasteiger partial charge on any atom is 0.242 e. The molecule has 0 saturated carbocycles. The van der Waals surface area contributed by atoms with Gasteiger partial charge in [-0.2, -0.15) is 0 Å². The maximum atomic E-state index is 12.2. The Labute approximate surface area is 93.0 Å². The second kappa shape index (κ2) is 4.97. The summed E-state index contributed by atoms with van der Waals surface area (Å²) >= 11 is 0. The number of carbonyl (C=O) groups excluding carboxylic acids is 1. The molecule has 0 aliphatic carbocycles. The lowest BCUT2D eigenvalue weighted by atomic mass is 9.90. The van der Waals surface area contributed by atoms with E-state index in [2.05, 4.69) is 6.92 Å². The molecule has 1 atom stereocenters. The fourth-order valence-electron chi connectivity index (χ4n) is 2.24. The van der Waals surface area contributed by atoms with Crippen LogP contribution in [0.1, 0.15) is 46.5 Å². The highest BCUT2D eigenvalue weighted by molar-refractivity contribution is 5.86. The summed E-state index contributed by atoms with van der Waals surface area (Å²) in [4.78, 5) is 14.2. The molecule has 1 heterocycles. The quantitative estimate of drug-likeness (QED) is 0.775. The van der Waals surface area contributed by atoms with Crippen molar-refractivity contribution >= 4 is 5.91 Å². The molecular formula is C12H24N2O. The van der Waals surface area contributed by atoms with E-state index in [4.69, 9.17) is 5.73 Å². The predicted octanol–water partition coefficient (Wildman–Crippen LogP) is 1.76. The van der Waals surface area contributed by atoms with Crippen molar-refractivity contribution in [3.8, 4) is 0 Å². The third-order valence-corrected chi connectivity index (χ3v) is 3.63. The molecule has 0 spiro atoms. The van der Waals surface area contributed by atoms with Crippen LogP contribution < -0.4 is 5.73 Å². The number of amides is 1. The van der Waals surface area contributed by atoms with Gasteiger partial charge in [0.2, 0.25) is 5.91 Å². The summed E-state index contributed by atoms with van der Waals surface area (Å²) in [5.41, 5.74) is 5.50. The number of carbonyl (C=O) groups is 1. The Kier molecular flexibility index (Phi) is 4.14. The first-order valence-electron chi connectivity index (χ1n) is 6.11. The molecule has 1 rings (SSSR count). The second-order valence-corrected chi connectivity index (χ2v) is 4.86. The van der Waals surface area contributed by atoms with Crippen LogP contribution in [0.3, 0.4) is 0 Å². The van der Waals surface area contributed by atoms with Gasteiger partial charge in [-0.25, -0.2) is 0 Å². The number of rotatable bonds is 3. The first-order chi connectivity index (χ1) is 7.03. The van der Waals surface area contributed by atoms with Gasteiger partial charge in [-0.05, 0) is 31.6 Å². The first-order valence-corrected chi connectivity index (χ1v) is 6.11. The molecule has 0 radical (unpaired) electrons. The Balaban J connectivity index is 2.66. The lowest BCUT2D eigenvalue weighted by Gasteiger charge is -2.37. The first kappa shape index (κ1) is 12.5. The van der Waals surface area contributed by atoms with Crippen LogP contribution in [-0.2, 0) is 4.79 Å². The van der Waals surface area contributed by atoms with Gasteiger partial charge in [0.15, 0.2) is 0 Å². The molecule has 1 amide bonds. The number of nitrogens with zero attached hydrogens (tertiary/aromatic N) is 1. The highest BCUT2D eigenvalue weighted by Gasteiger charge is 2.35. The number of piperidine rings is 1. The molecule has 88 valence electrons. The number of hydrogen-bond acceptors (Lipinski definition) is 2. The molecule has 1 saturated heterocycles. The normalized spacial score (nSPS) is 22.9. The molecule has 3 heteroatoms. The molecule has 2 N–H and O–H groups in total. The minimum Gasteiger partial charge on any atom is -0.341 e. The molecule has 0 aromatic rings. The summed E-state index contributed by atoms with van der Waals surface area (Å²) in [6, 6.07) is 0. The zero-order chi connectivity index (χ0) is 11.5. The van der Waals surface area contributed by atoms with Crippen molar-refractivity contribution < 1.29 is 4.79 Å². The van der Waals surface area contributed by atoms with Crippen molar-refractivity contribution in [2.75, 3.05) is 13.1 Å². The predicted molar refractivity (Wildman–Crippen MR) is 62.5 cm³/mol. The fourth-order valence-corrected chi connectivity index (χ4v) is 2.24. The van der Waals surface area contributed by atoms with Gasteiger partial charge in [0, 0.05) is 13.1 Å². The lowest BCUT2D eigenvalue weighted by Crippen LogP contribution is -2.56. The summed E-state index contributed by atoms with van der Waals surface area (Å²) < 4.78 is 0. The van der Waals surface area contributed by atoms with Gasteiger partial charge in [0.1, 0.15) is 0 Å². The summed E-state index contributed by atoms with van der Waals surface area (Å²) in [7, 11) is 0. The van der Waals surface area contributed by atoms with E-state index in [0.29, 0.717) is 5.92 Å². The van der Waals surface area contributed by atoms with Gasteiger partial charge in [-0.3, -0.25) is 4.79 Å².